The number of benzene rings is 1. The highest BCUT2D eigenvalue weighted by molar-refractivity contribution is 5.97. The Balaban J connectivity index is 1.49. The summed E-state index contributed by atoms with van der Waals surface area (Å²) in [5.41, 5.74) is 3.06. The van der Waals surface area contributed by atoms with Gasteiger partial charge in [-0.2, -0.15) is 0 Å². The molecule has 4 heteroatoms. The Morgan fingerprint density at radius 2 is 1.96 bits per heavy atom. The SMILES string of the molecule is C/C(=C\c1ccccc1)C(=O)NC1C2CCN(CC2)C1Cc1cccnc1. The first-order valence-corrected chi connectivity index (χ1v) is 9.88. The van der Waals surface area contributed by atoms with Crippen molar-refractivity contribution < 1.29 is 4.79 Å². The quantitative estimate of drug-likeness (QED) is 0.831. The number of piperidine rings is 3. The predicted molar refractivity (Wildman–Crippen MR) is 108 cm³/mol. The number of nitrogens with one attached hydrogen (secondary N) is 1. The topological polar surface area (TPSA) is 45.2 Å². The first kappa shape index (κ1) is 17.9. The minimum atomic E-state index is 0.0498. The molecule has 4 nitrogen and oxygen atoms in total. The van der Waals surface area contributed by atoms with E-state index in [-0.39, 0.29) is 11.9 Å². The molecule has 1 N–H and O–H groups in total. The van der Waals surface area contributed by atoms with Crippen LogP contribution in [0.25, 0.3) is 6.08 Å². The van der Waals surface area contributed by atoms with Gasteiger partial charge in [-0.05, 0) is 68.5 Å². The summed E-state index contributed by atoms with van der Waals surface area (Å²) in [6, 6.07) is 14.7. The molecule has 2 atom stereocenters. The lowest BCUT2D eigenvalue weighted by molar-refractivity contribution is -0.120. The molecule has 0 saturated carbocycles. The Labute approximate surface area is 161 Å². The fraction of sp³-hybridized carbons (Fsp3) is 0.391. The average molecular weight is 361 g/mol. The number of fused-ring (bicyclic) bond motifs is 3. The van der Waals surface area contributed by atoms with Gasteiger partial charge in [-0.25, -0.2) is 0 Å². The maximum atomic E-state index is 12.9. The molecule has 0 radical (unpaired) electrons. The van der Waals surface area contributed by atoms with Crippen molar-refractivity contribution in [2.75, 3.05) is 13.1 Å². The molecule has 3 fully saturated rings. The van der Waals surface area contributed by atoms with E-state index < -0.39 is 0 Å². The summed E-state index contributed by atoms with van der Waals surface area (Å²) in [6.07, 6.45) is 9.02. The molecule has 2 unspecified atom stereocenters. The van der Waals surface area contributed by atoms with E-state index in [9.17, 15) is 4.79 Å². The summed E-state index contributed by atoms with van der Waals surface area (Å²) < 4.78 is 0. The Morgan fingerprint density at radius 3 is 2.67 bits per heavy atom. The molecule has 0 aliphatic carbocycles. The summed E-state index contributed by atoms with van der Waals surface area (Å²) in [5.74, 6) is 0.624. The Kier molecular flexibility index (Phi) is 5.35. The molecular weight excluding hydrogens is 334 g/mol. The molecule has 3 aliphatic heterocycles. The van der Waals surface area contributed by atoms with Crippen molar-refractivity contribution in [2.24, 2.45) is 5.92 Å². The van der Waals surface area contributed by atoms with E-state index in [0.717, 1.165) is 30.6 Å². The zero-order valence-electron chi connectivity index (χ0n) is 15.8. The number of amides is 1. The second-order valence-electron chi connectivity index (χ2n) is 7.74. The molecule has 140 valence electrons. The van der Waals surface area contributed by atoms with Gasteiger partial charge in [0.15, 0.2) is 0 Å². The van der Waals surface area contributed by atoms with Gasteiger partial charge in [-0.1, -0.05) is 36.4 Å². The third-order valence-electron chi connectivity index (χ3n) is 5.97. The lowest BCUT2D eigenvalue weighted by Gasteiger charge is -2.51. The molecule has 1 aromatic carbocycles. The molecular formula is C23H27N3O. The normalized spacial score (nSPS) is 27.4. The van der Waals surface area contributed by atoms with Crippen molar-refractivity contribution in [1.82, 2.24) is 15.2 Å². The van der Waals surface area contributed by atoms with Gasteiger partial charge in [0, 0.05) is 30.1 Å². The Hall–Kier alpha value is -2.46. The molecule has 3 saturated heterocycles. The van der Waals surface area contributed by atoms with Crippen LogP contribution in [0.3, 0.4) is 0 Å². The zero-order chi connectivity index (χ0) is 18.6. The van der Waals surface area contributed by atoms with E-state index in [0.29, 0.717) is 12.0 Å². The number of hydrogen-bond donors (Lipinski definition) is 1. The van der Waals surface area contributed by atoms with Gasteiger partial charge in [-0.3, -0.25) is 14.7 Å². The standard InChI is InChI=1S/C23H27N3O/c1-17(14-18-6-3-2-4-7-18)23(27)25-22-20-9-12-26(13-10-20)21(22)15-19-8-5-11-24-16-19/h2-8,11,14,16,20-22H,9-10,12-13,15H2,1H3,(H,25,27)/b17-14+. The Morgan fingerprint density at radius 1 is 1.19 bits per heavy atom. The van der Waals surface area contributed by atoms with Crippen molar-refractivity contribution in [3.8, 4) is 0 Å². The fourth-order valence-corrected chi connectivity index (χ4v) is 4.51. The second-order valence-corrected chi connectivity index (χ2v) is 7.74. The summed E-state index contributed by atoms with van der Waals surface area (Å²) >= 11 is 0. The van der Waals surface area contributed by atoms with E-state index in [1.807, 2.05) is 61.8 Å². The van der Waals surface area contributed by atoms with Gasteiger partial charge in [0.05, 0.1) is 0 Å². The lowest BCUT2D eigenvalue weighted by Crippen LogP contribution is -2.64. The van der Waals surface area contributed by atoms with E-state index in [2.05, 4.69) is 21.3 Å². The number of aromatic nitrogens is 1. The summed E-state index contributed by atoms with van der Waals surface area (Å²) in [4.78, 5) is 19.7. The van der Waals surface area contributed by atoms with Crippen molar-refractivity contribution >= 4 is 12.0 Å². The van der Waals surface area contributed by atoms with Gasteiger partial charge < -0.3 is 5.32 Å². The van der Waals surface area contributed by atoms with Gasteiger partial charge >= 0.3 is 0 Å². The van der Waals surface area contributed by atoms with Crippen LogP contribution in [0.2, 0.25) is 0 Å². The molecule has 1 aromatic heterocycles. The van der Waals surface area contributed by atoms with Crippen LogP contribution in [-0.2, 0) is 11.2 Å². The van der Waals surface area contributed by atoms with Crippen molar-refractivity contribution in [1.29, 1.82) is 0 Å². The molecule has 2 bridgehead atoms. The third-order valence-corrected chi connectivity index (χ3v) is 5.97. The highest BCUT2D eigenvalue weighted by atomic mass is 16.1. The van der Waals surface area contributed by atoms with E-state index >= 15 is 0 Å². The summed E-state index contributed by atoms with van der Waals surface area (Å²) in [6.45, 7) is 4.18. The lowest BCUT2D eigenvalue weighted by atomic mass is 9.76. The largest absolute Gasteiger partial charge is 0.348 e. The molecule has 27 heavy (non-hydrogen) atoms. The second kappa shape index (κ2) is 8.05. The highest BCUT2D eigenvalue weighted by Crippen LogP contribution is 2.34. The van der Waals surface area contributed by atoms with Crippen LogP contribution in [0.1, 0.15) is 30.9 Å². The van der Waals surface area contributed by atoms with Crippen molar-refractivity contribution in [3.63, 3.8) is 0 Å². The maximum Gasteiger partial charge on any atom is 0.247 e. The minimum Gasteiger partial charge on any atom is -0.348 e. The van der Waals surface area contributed by atoms with Crippen LogP contribution in [0.5, 0.6) is 0 Å². The smallest absolute Gasteiger partial charge is 0.247 e. The number of rotatable bonds is 5. The number of carbonyl (C=O) groups excluding carboxylic acids is 1. The first-order chi connectivity index (χ1) is 13.2. The molecule has 2 aromatic rings. The van der Waals surface area contributed by atoms with Crippen LogP contribution in [0.15, 0.2) is 60.4 Å². The number of nitrogens with zero attached hydrogens (tertiary/aromatic N) is 2. The van der Waals surface area contributed by atoms with Crippen molar-refractivity contribution in [2.45, 2.75) is 38.3 Å². The summed E-state index contributed by atoms with van der Waals surface area (Å²) in [7, 11) is 0. The van der Waals surface area contributed by atoms with Crippen LogP contribution < -0.4 is 5.32 Å². The zero-order valence-corrected chi connectivity index (χ0v) is 15.8. The van der Waals surface area contributed by atoms with E-state index in [4.69, 9.17) is 0 Å². The van der Waals surface area contributed by atoms with Crippen LogP contribution in [0, 0.1) is 5.92 Å². The molecule has 4 heterocycles. The van der Waals surface area contributed by atoms with Crippen molar-refractivity contribution in [3.05, 3.63) is 71.6 Å². The van der Waals surface area contributed by atoms with Gasteiger partial charge in [0.1, 0.15) is 0 Å². The molecule has 5 rings (SSSR count). The predicted octanol–water partition coefficient (Wildman–Crippen LogP) is 3.31. The minimum absolute atomic E-state index is 0.0498. The van der Waals surface area contributed by atoms with Crippen LogP contribution in [-0.4, -0.2) is 41.0 Å². The fourth-order valence-electron chi connectivity index (χ4n) is 4.51. The Bertz CT molecular complexity index is 795. The monoisotopic (exact) mass is 361 g/mol. The molecule has 1 amide bonds. The van der Waals surface area contributed by atoms with Gasteiger partial charge in [-0.15, -0.1) is 0 Å². The van der Waals surface area contributed by atoms with Gasteiger partial charge in [0.25, 0.3) is 0 Å². The first-order valence-electron chi connectivity index (χ1n) is 9.88. The highest BCUT2D eigenvalue weighted by Gasteiger charge is 2.42. The third kappa shape index (κ3) is 4.11. The molecule has 3 aliphatic rings. The number of pyridine rings is 1. The summed E-state index contributed by atoms with van der Waals surface area (Å²) in [5, 5.41) is 3.37. The maximum absolute atomic E-state index is 12.9. The van der Waals surface area contributed by atoms with Gasteiger partial charge in [0.2, 0.25) is 5.91 Å². The average Bonchev–Trinajstić information content (AvgIpc) is 2.72. The van der Waals surface area contributed by atoms with E-state index in [1.165, 1.54) is 18.4 Å². The van der Waals surface area contributed by atoms with E-state index in [1.54, 1.807) is 0 Å². The molecule has 0 spiro atoms. The number of hydrogen-bond acceptors (Lipinski definition) is 3. The van der Waals surface area contributed by atoms with Crippen LogP contribution in [0.4, 0.5) is 0 Å². The number of carbonyl (C=O) groups is 1. The van der Waals surface area contributed by atoms with Crippen LogP contribution >= 0.6 is 0 Å².